The Hall–Kier alpha value is -2.90. The first-order chi connectivity index (χ1) is 17.5. The number of morpholine rings is 1. The molecular formula is C29H37N3O4. The first-order valence-corrected chi connectivity index (χ1v) is 13.2. The Balaban J connectivity index is 1.30. The second kappa shape index (κ2) is 11.0. The van der Waals surface area contributed by atoms with Crippen molar-refractivity contribution in [1.29, 1.82) is 0 Å². The summed E-state index contributed by atoms with van der Waals surface area (Å²) >= 11 is 0. The standard InChI is InChI=1S/C29H37N3O4/c1-29-21-24(20-22-6-3-2-4-7-22)32(26(29)8-5-9-27(33)30-29)28(34)23-10-12-25(13-11-23)36-19-16-31-14-17-35-18-15-31/h2-4,6-7,10-13,24,26H,5,8-9,14-21H2,1H3,(H,30,33)/t24-,26+,29+/m1/s1. The zero-order valence-electron chi connectivity index (χ0n) is 21.2. The van der Waals surface area contributed by atoms with E-state index in [0.717, 1.165) is 64.3 Å². The highest BCUT2D eigenvalue weighted by Crippen LogP contribution is 2.40. The molecule has 1 N–H and O–H groups in total. The van der Waals surface area contributed by atoms with Crippen molar-refractivity contribution in [3.8, 4) is 5.75 Å². The number of fused-ring (bicyclic) bond motifs is 1. The van der Waals surface area contributed by atoms with Crippen LogP contribution in [0.5, 0.6) is 5.75 Å². The Labute approximate surface area is 213 Å². The number of hydrogen-bond donors (Lipinski definition) is 1. The molecule has 0 radical (unpaired) electrons. The van der Waals surface area contributed by atoms with E-state index in [4.69, 9.17) is 9.47 Å². The summed E-state index contributed by atoms with van der Waals surface area (Å²) in [5.41, 5.74) is 1.45. The molecule has 3 saturated heterocycles. The molecule has 0 aromatic heterocycles. The van der Waals surface area contributed by atoms with Crippen LogP contribution in [0.1, 0.15) is 48.5 Å². The number of nitrogens with one attached hydrogen (secondary N) is 1. The van der Waals surface area contributed by atoms with Crippen LogP contribution in [0.4, 0.5) is 0 Å². The summed E-state index contributed by atoms with van der Waals surface area (Å²) in [7, 11) is 0. The van der Waals surface area contributed by atoms with E-state index in [0.29, 0.717) is 18.6 Å². The highest BCUT2D eigenvalue weighted by Gasteiger charge is 2.52. The summed E-state index contributed by atoms with van der Waals surface area (Å²) in [6, 6.07) is 17.8. The van der Waals surface area contributed by atoms with Gasteiger partial charge in [0.25, 0.3) is 5.91 Å². The zero-order chi connectivity index (χ0) is 25.0. The van der Waals surface area contributed by atoms with Crippen LogP contribution in [0, 0.1) is 0 Å². The molecule has 192 valence electrons. The molecule has 7 nitrogen and oxygen atoms in total. The Kier molecular flexibility index (Phi) is 7.58. The van der Waals surface area contributed by atoms with E-state index >= 15 is 0 Å². The van der Waals surface area contributed by atoms with Crippen molar-refractivity contribution < 1.29 is 19.1 Å². The Bertz CT molecular complexity index is 1040. The molecule has 3 heterocycles. The van der Waals surface area contributed by atoms with Crippen LogP contribution in [0.25, 0.3) is 0 Å². The van der Waals surface area contributed by atoms with E-state index in [1.54, 1.807) is 0 Å². The van der Waals surface area contributed by atoms with Crippen LogP contribution in [-0.2, 0) is 16.0 Å². The molecule has 2 amide bonds. The zero-order valence-corrected chi connectivity index (χ0v) is 21.2. The van der Waals surface area contributed by atoms with Gasteiger partial charge in [0.2, 0.25) is 5.91 Å². The molecule has 0 aliphatic carbocycles. The van der Waals surface area contributed by atoms with Gasteiger partial charge in [-0.05, 0) is 62.4 Å². The molecule has 3 fully saturated rings. The monoisotopic (exact) mass is 491 g/mol. The van der Waals surface area contributed by atoms with E-state index in [9.17, 15) is 9.59 Å². The van der Waals surface area contributed by atoms with Crippen LogP contribution in [0.3, 0.4) is 0 Å². The van der Waals surface area contributed by atoms with Gasteiger partial charge >= 0.3 is 0 Å². The van der Waals surface area contributed by atoms with Crippen molar-refractivity contribution in [3.05, 3.63) is 65.7 Å². The minimum Gasteiger partial charge on any atom is -0.492 e. The maximum absolute atomic E-state index is 13.9. The minimum atomic E-state index is -0.411. The molecule has 2 aromatic rings. The summed E-state index contributed by atoms with van der Waals surface area (Å²) in [6.45, 7) is 7.03. The van der Waals surface area contributed by atoms with E-state index in [1.807, 2.05) is 42.5 Å². The van der Waals surface area contributed by atoms with Crippen LogP contribution in [0.2, 0.25) is 0 Å². The molecule has 3 atom stereocenters. The third kappa shape index (κ3) is 5.57. The predicted octanol–water partition coefficient (Wildman–Crippen LogP) is 3.28. The number of ether oxygens (including phenoxy) is 2. The Morgan fingerprint density at radius 2 is 1.86 bits per heavy atom. The third-order valence-corrected chi connectivity index (χ3v) is 7.86. The number of rotatable bonds is 7. The second-order valence-electron chi connectivity index (χ2n) is 10.5. The van der Waals surface area contributed by atoms with Gasteiger partial charge in [0, 0.05) is 37.7 Å². The minimum absolute atomic E-state index is 0.0189. The van der Waals surface area contributed by atoms with Crippen molar-refractivity contribution in [2.24, 2.45) is 0 Å². The Morgan fingerprint density at radius 3 is 2.61 bits per heavy atom. The predicted molar refractivity (Wildman–Crippen MR) is 138 cm³/mol. The SMILES string of the molecule is C[C@]12C[C@@H](Cc3ccccc3)N(C(=O)c3ccc(OCCN4CCOCC4)cc3)[C@H]1CCCC(=O)N2. The van der Waals surface area contributed by atoms with Crippen LogP contribution in [-0.4, -0.2) is 78.7 Å². The number of amides is 2. The van der Waals surface area contributed by atoms with E-state index in [-0.39, 0.29) is 23.9 Å². The molecule has 3 aliphatic heterocycles. The van der Waals surface area contributed by atoms with Gasteiger partial charge in [-0.2, -0.15) is 0 Å². The average molecular weight is 492 g/mol. The second-order valence-corrected chi connectivity index (χ2v) is 10.5. The highest BCUT2D eigenvalue weighted by molar-refractivity contribution is 5.95. The van der Waals surface area contributed by atoms with Crippen LogP contribution in [0.15, 0.2) is 54.6 Å². The van der Waals surface area contributed by atoms with Gasteiger partial charge in [-0.15, -0.1) is 0 Å². The van der Waals surface area contributed by atoms with Gasteiger partial charge in [0.15, 0.2) is 0 Å². The normalized spacial score (nSPS) is 26.7. The van der Waals surface area contributed by atoms with Crippen molar-refractivity contribution in [1.82, 2.24) is 15.1 Å². The highest BCUT2D eigenvalue weighted by atomic mass is 16.5. The largest absolute Gasteiger partial charge is 0.492 e. The smallest absolute Gasteiger partial charge is 0.254 e. The maximum Gasteiger partial charge on any atom is 0.254 e. The molecule has 5 rings (SSSR count). The number of carbonyl (C=O) groups is 2. The number of nitrogens with zero attached hydrogens (tertiary/aromatic N) is 2. The first kappa shape index (κ1) is 24.8. The summed E-state index contributed by atoms with van der Waals surface area (Å²) in [5, 5.41) is 3.26. The molecule has 3 aliphatic rings. The molecule has 0 unspecified atom stereocenters. The lowest BCUT2D eigenvalue weighted by atomic mass is 9.88. The van der Waals surface area contributed by atoms with E-state index < -0.39 is 5.54 Å². The first-order valence-electron chi connectivity index (χ1n) is 13.2. The quantitative estimate of drug-likeness (QED) is 0.644. The summed E-state index contributed by atoms with van der Waals surface area (Å²) in [4.78, 5) is 30.8. The summed E-state index contributed by atoms with van der Waals surface area (Å²) in [5.74, 6) is 0.889. The van der Waals surface area contributed by atoms with E-state index in [1.165, 1.54) is 5.56 Å². The molecule has 0 bridgehead atoms. The van der Waals surface area contributed by atoms with Crippen molar-refractivity contribution in [2.75, 3.05) is 39.5 Å². The fourth-order valence-corrected chi connectivity index (χ4v) is 6.04. The number of carbonyl (C=O) groups excluding carboxylic acids is 2. The molecular weight excluding hydrogens is 454 g/mol. The lowest BCUT2D eigenvalue weighted by Crippen LogP contribution is -2.54. The summed E-state index contributed by atoms with van der Waals surface area (Å²) in [6.07, 6.45) is 3.68. The van der Waals surface area contributed by atoms with Gasteiger partial charge < -0.3 is 19.7 Å². The summed E-state index contributed by atoms with van der Waals surface area (Å²) < 4.78 is 11.3. The lowest BCUT2D eigenvalue weighted by molar-refractivity contribution is -0.122. The van der Waals surface area contributed by atoms with Crippen molar-refractivity contribution in [2.45, 2.75) is 56.7 Å². The van der Waals surface area contributed by atoms with Gasteiger partial charge in [-0.3, -0.25) is 14.5 Å². The van der Waals surface area contributed by atoms with E-state index in [2.05, 4.69) is 34.2 Å². The van der Waals surface area contributed by atoms with Crippen LogP contribution < -0.4 is 10.1 Å². The lowest BCUT2D eigenvalue weighted by Gasteiger charge is -2.35. The number of benzene rings is 2. The Morgan fingerprint density at radius 1 is 1.11 bits per heavy atom. The van der Waals surface area contributed by atoms with Gasteiger partial charge in [0.1, 0.15) is 12.4 Å². The molecule has 0 spiro atoms. The molecule has 7 heteroatoms. The van der Waals surface area contributed by atoms with Crippen molar-refractivity contribution in [3.63, 3.8) is 0 Å². The van der Waals surface area contributed by atoms with Crippen LogP contribution >= 0.6 is 0 Å². The maximum atomic E-state index is 13.9. The average Bonchev–Trinajstić information content (AvgIpc) is 3.06. The molecule has 36 heavy (non-hydrogen) atoms. The topological polar surface area (TPSA) is 71.1 Å². The van der Waals surface area contributed by atoms with Crippen molar-refractivity contribution >= 4 is 11.8 Å². The molecule has 0 saturated carbocycles. The fraction of sp³-hybridized carbons (Fsp3) is 0.517. The van der Waals surface area contributed by atoms with Gasteiger partial charge in [0.05, 0.1) is 24.8 Å². The van der Waals surface area contributed by atoms with Gasteiger partial charge in [-0.1, -0.05) is 30.3 Å². The molecule has 2 aromatic carbocycles. The van der Waals surface area contributed by atoms with Gasteiger partial charge in [-0.25, -0.2) is 0 Å². The third-order valence-electron chi connectivity index (χ3n) is 7.86. The number of likely N-dealkylation sites (tertiary alicyclic amines) is 1. The number of hydrogen-bond acceptors (Lipinski definition) is 5. The fourth-order valence-electron chi connectivity index (χ4n) is 6.04.